The van der Waals surface area contributed by atoms with Crippen LogP contribution < -0.4 is 10.6 Å². The lowest BCUT2D eigenvalue weighted by molar-refractivity contribution is -0.144. The molecule has 6 nitrogen and oxygen atoms in total. The second kappa shape index (κ2) is 7.92. The number of hydrogen-bond acceptors (Lipinski definition) is 3. The summed E-state index contributed by atoms with van der Waals surface area (Å²) < 4.78 is 0. The number of carbonyl (C=O) groups is 2. The van der Waals surface area contributed by atoms with Crippen molar-refractivity contribution in [2.24, 2.45) is 0 Å². The molecule has 6 heteroatoms. The van der Waals surface area contributed by atoms with E-state index in [0.717, 1.165) is 13.0 Å². The molecule has 0 saturated carbocycles. The number of carbonyl (C=O) groups excluding carboxylic acids is 1. The van der Waals surface area contributed by atoms with Gasteiger partial charge in [0.1, 0.15) is 5.54 Å². The molecule has 2 amide bonds. The summed E-state index contributed by atoms with van der Waals surface area (Å²) in [5.74, 6) is -0.982. The number of rotatable bonds is 8. The average Bonchev–Trinajstić information content (AvgIpc) is 2.35. The second-order valence-electron chi connectivity index (χ2n) is 4.40. The van der Waals surface area contributed by atoms with Gasteiger partial charge in [0, 0.05) is 13.6 Å². The van der Waals surface area contributed by atoms with Crippen molar-refractivity contribution >= 4 is 12.0 Å². The lowest BCUT2D eigenvalue weighted by atomic mass is 9.93. The van der Waals surface area contributed by atoms with Crippen LogP contribution in [-0.2, 0) is 4.79 Å². The maximum absolute atomic E-state index is 11.9. The van der Waals surface area contributed by atoms with E-state index in [1.807, 2.05) is 7.05 Å². The van der Waals surface area contributed by atoms with Crippen molar-refractivity contribution in [2.45, 2.75) is 38.6 Å². The van der Waals surface area contributed by atoms with Crippen molar-refractivity contribution in [3.63, 3.8) is 0 Å². The van der Waals surface area contributed by atoms with Gasteiger partial charge in [-0.3, -0.25) is 0 Å². The van der Waals surface area contributed by atoms with E-state index in [0.29, 0.717) is 19.4 Å². The topological polar surface area (TPSA) is 81.7 Å². The molecule has 0 fully saturated rings. The summed E-state index contributed by atoms with van der Waals surface area (Å²) in [6.45, 7) is 4.94. The van der Waals surface area contributed by atoms with Gasteiger partial charge >= 0.3 is 12.0 Å². The van der Waals surface area contributed by atoms with Crippen LogP contribution in [0.1, 0.15) is 33.1 Å². The van der Waals surface area contributed by atoms with Crippen LogP contribution in [0.3, 0.4) is 0 Å². The number of amides is 2. The van der Waals surface area contributed by atoms with Crippen LogP contribution in [0.4, 0.5) is 4.79 Å². The van der Waals surface area contributed by atoms with Gasteiger partial charge in [0.05, 0.1) is 0 Å². The standard InChI is InChI=1S/C12H25N3O3/c1-5-12(6-2,10(16)17)14-11(18)15(4)9-7-8-13-3/h13H,5-9H2,1-4H3,(H,14,18)(H,16,17). The lowest BCUT2D eigenvalue weighted by Gasteiger charge is -2.30. The predicted octanol–water partition coefficient (Wildman–Crippen LogP) is 0.881. The fraction of sp³-hybridized carbons (Fsp3) is 0.833. The number of nitrogens with one attached hydrogen (secondary N) is 2. The van der Waals surface area contributed by atoms with Crippen LogP contribution in [0.15, 0.2) is 0 Å². The van der Waals surface area contributed by atoms with Gasteiger partial charge in [0.25, 0.3) is 0 Å². The van der Waals surface area contributed by atoms with Gasteiger partial charge in [-0.05, 0) is 32.9 Å². The van der Waals surface area contributed by atoms with Crippen molar-refractivity contribution in [3.05, 3.63) is 0 Å². The summed E-state index contributed by atoms with van der Waals surface area (Å²) in [4.78, 5) is 24.7. The molecule has 0 rings (SSSR count). The first-order valence-corrected chi connectivity index (χ1v) is 6.34. The quantitative estimate of drug-likeness (QED) is 0.565. The first-order chi connectivity index (χ1) is 8.43. The van der Waals surface area contributed by atoms with E-state index >= 15 is 0 Å². The molecule has 106 valence electrons. The smallest absolute Gasteiger partial charge is 0.329 e. The molecular weight excluding hydrogens is 234 g/mol. The Labute approximate surface area is 109 Å². The molecular formula is C12H25N3O3. The Balaban J connectivity index is 4.46. The highest BCUT2D eigenvalue weighted by atomic mass is 16.4. The lowest BCUT2D eigenvalue weighted by Crippen LogP contribution is -2.56. The SMILES string of the molecule is CCC(CC)(NC(=O)N(C)CCCNC)C(=O)O. The first kappa shape index (κ1) is 16.7. The number of nitrogens with zero attached hydrogens (tertiary/aromatic N) is 1. The molecule has 18 heavy (non-hydrogen) atoms. The third-order valence-corrected chi connectivity index (χ3v) is 3.23. The molecule has 0 spiro atoms. The minimum Gasteiger partial charge on any atom is -0.480 e. The van der Waals surface area contributed by atoms with E-state index in [1.165, 1.54) is 4.90 Å². The highest BCUT2D eigenvalue weighted by Gasteiger charge is 2.37. The van der Waals surface area contributed by atoms with Gasteiger partial charge < -0.3 is 20.6 Å². The largest absolute Gasteiger partial charge is 0.480 e. The minimum atomic E-state index is -1.16. The molecule has 0 unspecified atom stereocenters. The predicted molar refractivity (Wildman–Crippen MR) is 70.7 cm³/mol. The van der Waals surface area contributed by atoms with Gasteiger partial charge in [0.2, 0.25) is 0 Å². The molecule has 0 aromatic heterocycles. The maximum atomic E-state index is 11.9. The fourth-order valence-corrected chi connectivity index (χ4v) is 1.68. The third-order valence-electron chi connectivity index (χ3n) is 3.23. The summed E-state index contributed by atoms with van der Waals surface area (Å²) in [5, 5.41) is 14.8. The Morgan fingerprint density at radius 1 is 1.28 bits per heavy atom. The fourth-order valence-electron chi connectivity index (χ4n) is 1.68. The van der Waals surface area contributed by atoms with Crippen molar-refractivity contribution in [3.8, 4) is 0 Å². The number of aliphatic carboxylic acids is 1. The Bertz CT molecular complexity index is 278. The Morgan fingerprint density at radius 3 is 2.22 bits per heavy atom. The third kappa shape index (κ3) is 4.52. The first-order valence-electron chi connectivity index (χ1n) is 6.34. The number of hydrogen-bond donors (Lipinski definition) is 3. The van der Waals surface area contributed by atoms with Crippen molar-refractivity contribution in [2.75, 3.05) is 27.2 Å². The number of carboxylic acid groups (broad SMARTS) is 1. The Morgan fingerprint density at radius 2 is 1.83 bits per heavy atom. The van der Waals surface area contributed by atoms with E-state index < -0.39 is 11.5 Å². The maximum Gasteiger partial charge on any atom is 0.329 e. The molecule has 0 aliphatic heterocycles. The molecule has 3 N–H and O–H groups in total. The van der Waals surface area contributed by atoms with Gasteiger partial charge in [0.15, 0.2) is 0 Å². The van der Waals surface area contributed by atoms with Crippen LogP contribution in [0.5, 0.6) is 0 Å². The van der Waals surface area contributed by atoms with Crippen LogP contribution in [0, 0.1) is 0 Å². The van der Waals surface area contributed by atoms with Crippen LogP contribution >= 0.6 is 0 Å². The molecule has 0 radical (unpaired) electrons. The Kier molecular flexibility index (Phi) is 7.35. The molecule has 0 bridgehead atoms. The molecule has 0 aromatic carbocycles. The van der Waals surface area contributed by atoms with Crippen molar-refractivity contribution < 1.29 is 14.7 Å². The zero-order valence-electron chi connectivity index (χ0n) is 11.7. The van der Waals surface area contributed by atoms with Crippen LogP contribution in [-0.4, -0.2) is 54.7 Å². The summed E-state index contributed by atoms with van der Waals surface area (Å²) >= 11 is 0. The minimum absolute atomic E-state index is 0.336. The monoisotopic (exact) mass is 259 g/mol. The highest BCUT2D eigenvalue weighted by Crippen LogP contribution is 2.15. The van der Waals surface area contributed by atoms with E-state index in [9.17, 15) is 14.7 Å². The van der Waals surface area contributed by atoms with Gasteiger partial charge in [-0.1, -0.05) is 13.8 Å². The van der Waals surface area contributed by atoms with E-state index in [1.54, 1.807) is 20.9 Å². The number of urea groups is 1. The van der Waals surface area contributed by atoms with Gasteiger partial charge in [-0.15, -0.1) is 0 Å². The van der Waals surface area contributed by atoms with E-state index in [4.69, 9.17) is 0 Å². The van der Waals surface area contributed by atoms with Gasteiger partial charge in [-0.2, -0.15) is 0 Å². The molecule has 0 aliphatic rings. The van der Waals surface area contributed by atoms with Crippen LogP contribution in [0.2, 0.25) is 0 Å². The van der Waals surface area contributed by atoms with Crippen molar-refractivity contribution in [1.29, 1.82) is 0 Å². The van der Waals surface area contributed by atoms with E-state index in [-0.39, 0.29) is 6.03 Å². The highest BCUT2D eigenvalue weighted by molar-refractivity contribution is 5.86. The summed E-state index contributed by atoms with van der Waals surface area (Å²) in [6.07, 6.45) is 1.57. The summed E-state index contributed by atoms with van der Waals surface area (Å²) in [5.41, 5.74) is -1.16. The van der Waals surface area contributed by atoms with Crippen molar-refractivity contribution in [1.82, 2.24) is 15.5 Å². The van der Waals surface area contributed by atoms with E-state index in [2.05, 4.69) is 10.6 Å². The zero-order valence-corrected chi connectivity index (χ0v) is 11.7. The molecule has 0 heterocycles. The zero-order chi connectivity index (χ0) is 14.2. The normalized spacial score (nSPS) is 11.1. The molecule has 0 aromatic rings. The average molecular weight is 259 g/mol. The molecule has 0 aliphatic carbocycles. The second-order valence-corrected chi connectivity index (χ2v) is 4.40. The molecule has 0 atom stereocenters. The van der Waals surface area contributed by atoms with Crippen LogP contribution in [0.25, 0.3) is 0 Å². The summed E-state index contributed by atoms with van der Waals surface area (Å²) in [6, 6.07) is -0.336. The van der Waals surface area contributed by atoms with Gasteiger partial charge in [-0.25, -0.2) is 9.59 Å². The molecule has 0 saturated heterocycles. The number of carboxylic acids is 1. The summed E-state index contributed by atoms with van der Waals surface area (Å²) in [7, 11) is 3.52. The Hall–Kier alpha value is -1.30.